The molecule has 1 aromatic heterocycles. The molecule has 3 rings (SSSR count). The Kier molecular flexibility index (Phi) is 3.22. The van der Waals surface area contributed by atoms with Crippen LogP contribution < -0.4 is 0 Å². The number of benzene rings is 1. The number of hydrogen-bond acceptors (Lipinski definition) is 3. The number of rotatable bonds is 1. The van der Waals surface area contributed by atoms with E-state index in [1.165, 1.54) is 0 Å². The molecule has 0 amide bonds. The first-order valence-electron chi connectivity index (χ1n) is 6.11. The molecule has 0 aliphatic carbocycles. The summed E-state index contributed by atoms with van der Waals surface area (Å²) in [5.41, 5.74) is 1.72. The summed E-state index contributed by atoms with van der Waals surface area (Å²) in [5, 5.41) is 11.1. The molecule has 1 aromatic carbocycles. The largest absolute Gasteiger partial charge is 0.506 e. The fourth-order valence-corrected chi connectivity index (χ4v) is 2.91. The summed E-state index contributed by atoms with van der Waals surface area (Å²) >= 11 is 3.51. The Morgan fingerprint density at radius 3 is 2.83 bits per heavy atom. The molecule has 0 unspecified atom stereocenters. The predicted molar refractivity (Wildman–Crippen MR) is 73.9 cm³/mol. The molecule has 0 spiro atoms. The lowest BCUT2D eigenvalue weighted by Crippen LogP contribution is -2.15. The molecule has 0 radical (unpaired) electrons. The number of fused-ring (bicyclic) bond motifs is 1. The highest BCUT2D eigenvalue weighted by atomic mass is 79.9. The van der Waals surface area contributed by atoms with Gasteiger partial charge in [0.05, 0.1) is 11.2 Å². The van der Waals surface area contributed by atoms with Crippen LogP contribution in [0.3, 0.4) is 0 Å². The van der Waals surface area contributed by atoms with Crippen molar-refractivity contribution in [1.82, 2.24) is 4.98 Å². The van der Waals surface area contributed by atoms with Crippen LogP contribution in [0.1, 0.15) is 24.5 Å². The van der Waals surface area contributed by atoms with Gasteiger partial charge in [0.15, 0.2) is 0 Å². The molecule has 2 heterocycles. The van der Waals surface area contributed by atoms with Crippen LogP contribution in [0.15, 0.2) is 28.7 Å². The molecule has 1 saturated heterocycles. The standard InChI is InChI=1S/C14H14BrNO2/c15-11-3-1-2-10-8-12(17)14(16-13(10)11)9-4-6-18-7-5-9/h1-3,8-9,17H,4-7H2. The van der Waals surface area contributed by atoms with Crippen LogP contribution in [0.4, 0.5) is 0 Å². The maximum Gasteiger partial charge on any atom is 0.138 e. The summed E-state index contributed by atoms with van der Waals surface area (Å²) in [7, 11) is 0. The van der Waals surface area contributed by atoms with Gasteiger partial charge in [0, 0.05) is 29.0 Å². The molecule has 0 atom stereocenters. The van der Waals surface area contributed by atoms with Gasteiger partial charge in [-0.25, -0.2) is 4.98 Å². The van der Waals surface area contributed by atoms with Crippen LogP contribution in [0.25, 0.3) is 10.9 Å². The molecule has 1 N–H and O–H groups in total. The average Bonchev–Trinajstić information content (AvgIpc) is 2.39. The van der Waals surface area contributed by atoms with Gasteiger partial charge < -0.3 is 9.84 Å². The maximum absolute atomic E-state index is 10.1. The van der Waals surface area contributed by atoms with Gasteiger partial charge in [0.1, 0.15) is 5.75 Å². The van der Waals surface area contributed by atoms with E-state index in [1.807, 2.05) is 18.2 Å². The Morgan fingerprint density at radius 1 is 1.28 bits per heavy atom. The van der Waals surface area contributed by atoms with Crippen molar-refractivity contribution in [3.63, 3.8) is 0 Å². The Hall–Kier alpha value is -1.13. The number of aromatic nitrogens is 1. The van der Waals surface area contributed by atoms with Crippen LogP contribution >= 0.6 is 15.9 Å². The van der Waals surface area contributed by atoms with Crippen molar-refractivity contribution < 1.29 is 9.84 Å². The van der Waals surface area contributed by atoms with E-state index in [2.05, 4.69) is 20.9 Å². The zero-order valence-corrected chi connectivity index (χ0v) is 11.5. The second-order valence-electron chi connectivity index (χ2n) is 4.59. The third kappa shape index (κ3) is 2.10. The lowest BCUT2D eigenvalue weighted by atomic mass is 9.95. The number of para-hydroxylation sites is 1. The summed E-state index contributed by atoms with van der Waals surface area (Å²) in [5.74, 6) is 0.600. The van der Waals surface area contributed by atoms with Crippen molar-refractivity contribution in [2.45, 2.75) is 18.8 Å². The van der Waals surface area contributed by atoms with Gasteiger partial charge in [-0.2, -0.15) is 0 Å². The second kappa shape index (κ2) is 4.86. The summed E-state index contributed by atoms with van der Waals surface area (Å²) in [6, 6.07) is 7.68. The fraction of sp³-hybridized carbons (Fsp3) is 0.357. The smallest absolute Gasteiger partial charge is 0.138 e. The minimum atomic E-state index is 0.299. The monoisotopic (exact) mass is 307 g/mol. The van der Waals surface area contributed by atoms with Crippen LogP contribution in [0.5, 0.6) is 5.75 Å². The van der Waals surface area contributed by atoms with Crippen molar-refractivity contribution in [3.8, 4) is 5.75 Å². The number of halogens is 1. The van der Waals surface area contributed by atoms with Gasteiger partial charge >= 0.3 is 0 Å². The number of nitrogens with zero attached hydrogens (tertiary/aromatic N) is 1. The molecule has 94 valence electrons. The fourth-order valence-electron chi connectivity index (χ4n) is 2.44. The summed E-state index contributed by atoms with van der Waals surface area (Å²) < 4.78 is 6.32. The SMILES string of the molecule is Oc1cc2cccc(Br)c2nc1C1CCOCC1. The second-order valence-corrected chi connectivity index (χ2v) is 5.45. The Bertz CT molecular complexity index is 579. The van der Waals surface area contributed by atoms with Gasteiger partial charge in [0.2, 0.25) is 0 Å². The van der Waals surface area contributed by atoms with Crippen molar-refractivity contribution >= 4 is 26.8 Å². The van der Waals surface area contributed by atoms with Crippen molar-refractivity contribution in [2.24, 2.45) is 0 Å². The van der Waals surface area contributed by atoms with E-state index in [-0.39, 0.29) is 0 Å². The van der Waals surface area contributed by atoms with Gasteiger partial charge in [-0.05, 0) is 40.9 Å². The molecular formula is C14H14BrNO2. The van der Waals surface area contributed by atoms with Crippen LogP contribution in [0.2, 0.25) is 0 Å². The summed E-state index contributed by atoms with van der Waals surface area (Å²) in [6.45, 7) is 1.50. The highest BCUT2D eigenvalue weighted by Crippen LogP contribution is 2.35. The minimum Gasteiger partial charge on any atom is -0.506 e. The molecule has 18 heavy (non-hydrogen) atoms. The highest BCUT2D eigenvalue weighted by Gasteiger charge is 2.21. The Labute approximate surface area is 114 Å². The third-order valence-corrected chi connectivity index (χ3v) is 4.05. The van der Waals surface area contributed by atoms with Crippen LogP contribution in [-0.4, -0.2) is 23.3 Å². The molecule has 1 aliphatic rings. The summed E-state index contributed by atoms with van der Waals surface area (Å²) in [4.78, 5) is 4.65. The number of ether oxygens (including phenoxy) is 1. The highest BCUT2D eigenvalue weighted by molar-refractivity contribution is 9.10. The number of aromatic hydroxyl groups is 1. The van der Waals surface area contributed by atoms with E-state index in [0.717, 1.165) is 47.1 Å². The van der Waals surface area contributed by atoms with E-state index >= 15 is 0 Å². The topological polar surface area (TPSA) is 42.4 Å². The van der Waals surface area contributed by atoms with Gasteiger partial charge in [-0.3, -0.25) is 0 Å². The Morgan fingerprint density at radius 2 is 2.06 bits per heavy atom. The predicted octanol–water partition coefficient (Wildman–Crippen LogP) is 3.60. The first-order valence-corrected chi connectivity index (χ1v) is 6.91. The van der Waals surface area contributed by atoms with Crippen molar-refractivity contribution in [3.05, 3.63) is 34.4 Å². The first kappa shape index (κ1) is 11.9. The maximum atomic E-state index is 10.1. The van der Waals surface area contributed by atoms with E-state index in [0.29, 0.717) is 11.7 Å². The lowest BCUT2D eigenvalue weighted by molar-refractivity contribution is 0.0840. The zero-order chi connectivity index (χ0) is 12.5. The molecule has 1 fully saturated rings. The molecule has 1 aliphatic heterocycles. The van der Waals surface area contributed by atoms with Gasteiger partial charge in [0.25, 0.3) is 0 Å². The van der Waals surface area contributed by atoms with Crippen LogP contribution in [-0.2, 0) is 4.74 Å². The normalized spacial score (nSPS) is 17.2. The molecular weight excluding hydrogens is 294 g/mol. The van der Waals surface area contributed by atoms with Gasteiger partial charge in [-0.1, -0.05) is 12.1 Å². The quantitative estimate of drug-likeness (QED) is 0.875. The number of pyridine rings is 1. The van der Waals surface area contributed by atoms with E-state index in [4.69, 9.17) is 4.74 Å². The van der Waals surface area contributed by atoms with Crippen molar-refractivity contribution in [1.29, 1.82) is 0 Å². The van der Waals surface area contributed by atoms with E-state index in [1.54, 1.807) is 6.07 Å². The third-order valence-electron chi connectivity index (χ3n) is 3.41. The molecule has 3 nitrogen and oxygen atoms in total. The molecule has 0 bridgehead atoms. The van der Waals surface area contributed by atoms with Crippen molar-refractivity contribution in [2.75, 3.05) is 13.2 Å². The van der Waals surface area contributed by atoms with E-state index < -0.39 is 0 Å². The molecule has 0 saturated carbocycles. The zero-order valence-electron chi connectivity index (χ0n) is 9.90. The Balaban J connectivity index is 2.11. The number of hydrogen-bond donors (Lipinski definition) is 1. The lowest BCUT2D eigenvalue weighted by Gasteiger charge is -2.22. The van der Waals surface area contributed by atoms with E-state index in [9.17, 15) is 5.11 Å². The molecule has 2 aromatic rings. The van der Waals surface area contributed by atoms with Crippen LogP contribution in [0, 0.1) is 0 Å². The van der Waals surface area contributed by atoms with Gasteiger partial charge in [-0.15, -0.1) is 0 Å². The first-order chi connectivity index (χ1) is 8.75. The summed E-state index contributed by atoms with van der Waals surface area (Å²) in [6.07, 6.45) is 1.85. The minimum absolute atomic E-state index is 0.299. The molecule has 4 heteroatoms. The average molecular weight is 308 g/mol.